The highest BCUT2D eigenvalue weighted by atomic mass is 16.5. The van der Waals surface area contributed by atoms with Gasteiger partial charge < -0.3 is 9.84 Å². The minimum atomic E-state index is -0.273. The van der Waals surface area contributed by atoms with Crippen molar-refractivity contribution in [2.24, 2.45) is 0 Å². The Hall–Kier alpha value is -1.51. The number of phenolic OH excluding ortho intramolecular Hbond substituents is 1. The summed E-state index contributed by atoms with van der Waals surface area (Å²) in [6, 6.07) is 3.59. The molecule has 1 rings (SSSR count). The number of carbonyl (C=O) groups is 1. The van der Waals surface area contributed by atoms with Crippen LogP contribution in [0.4, 0.5) is 0 Å². The van der Waals surface area contributed by atoms with Crippen molar-refractivity contribution in [2.75, 3.05) is 6.61 Å². The molecule has 0 aliphatic carbocycles. The smallest absolute Gasteiger partial charge is 0.338 e. The average Bonchev–Trinajstić information content (AvgIpc) is 2.74. The van der Waals surface area contributed by atoms with E-state index < -0.39 is 0 Å². The fraction of sp³-hybridized carbons (Fsp3) is 0.774. The van der Waals surface area contributed by atoms with E-state index in [-0.39, 0.29) is 22.5 Å². The molecular formula is C31H54O3. The van der Waals surface area contributed by atoms with Crippen LogP contribution in [0.5, 0.6) is 5.75 Å². The van der Waals surface area contributed by atoms with Crippen molar-refractivity contribution >= 4 is 5.97 Å². The summed E-state index contributed by atoms with van der Waals surface area (Å²) in [5, 5.41) is 10.6. The maximum Gasteiger partial charge on any atom is 0.338 e. The molecule has 0 aromatic heterocycles. The molecule has 0 fully saturated rings. The highest BCUT2D eigenvalue weighted by molar-refractivity contribution is 5.92. The molecule has 0 spiro atoms. The topological polar surface area (TPSA) is 46.5 Å². The van der Waals surface area contributed by atoms with Crippen LogP contribution >= 0.6 is 0 Å². The molecule has 34 heavy (non-hydrogen) atoms. The quantitative estimate of drug-likeness (QED) is 0.191. The number of unbranched alkanes of at least 4 members (excludes halogenated alkanes) is 13. The SMILES string of the molecule is CCCCCCCCCCCCCCCCOC(=O)c1cc(C(C)(C)C)c(O)cc1C(C)(C)C. The van der Waals surface area contributed by atoms with Gasteiger partial charge in [-0.1, -0.05) is 132 Å². The molecule has 1 aromatic carbocycles. The van der Waals surface area contributed by atoms with E-state index in [1.54, 1.807) is 6.07 Å². The summed E-state index contributed by atoms with van der Waals surface area (Å²) in [6.45, 7) is 15.0. The monoisotopic (exact) mass is 474 g/mol. The Balaban J connectivity index is 2.31. The molecule has 3 nitrogen and oxygen atoms in total. The van der Waals surface area contributed by atoms with Crippen LogP contribution in [0.15, 0.2) is 12.1 Å². The fourth-order valence-electron chi connectivity index (χ4n) is 4.52. The van der Waals surface area contributed by atoms with E-state index in [0.717, 1.165) is 24.0 Å². The number of carbonyl (C=O) groups excluding carboxylic acids is 1. The van der Waals surface area contributed by atoms with Crippen molar-refractivity contribution in [3.8, 4) is 5.75 Å². The maximum atomic E-state index is 12.9. The number of ether oxygens (including phenoxy) is 1. The summed E-state index contributed by atoms with van der Waals surface area (Å²) < 4.78 is 5.66. The normalized spacial score (nSPS) is 12.2. The first-order chi connectivity index (χ1) is 16.0. The van der Waals surface area contributed by atoms with Crippen molar-refractivity contribution in [3.63, 3.8) is 0 Å². The Bertz CT molecular complexity index is 707. The second kappa shape index (κ2) is 15.5. The van der Waals surface area contributed by atoms with Gasteiger partial charge in [0.2, 0.25) is 0 Å². The summed E-state index contributed by atoms with van der Waals surface area (Å²) in [5.41, 5.74) is 1.70. The minimum absolute atomic E-state index is 0.246. The lowest BCUT2D eigenvalue weighted by molar-refractivity contribution is 0.0494. The molecule has 0 unspecified atom stereocenters. The zero-order chi connectivity index (χ0) is 25.6. The number of hydrogen-bond donors (Lipinski definition) is 1. The predicted octanol–water partition coefficient (Wildman–Crippen LogP) is 9.63. The van der Waals surface area contributed by atoms with Crippen LogP contribution in [-0.2, 0) is 15.6 Å². The average molecular weight is 475 g/mol. The number of rotatable bonds is 16. The summed E-state index contributed by atoms with van der Waals surface area (Å²) in [4.78, 5) is 12.9. The molecule has 196 valence electrons. The molecule has 0 aliphatic rings. The van der Waals surface area contributed by atoms with Crippen molar-refractivity contribution in [2.45, 2.75) is 149 Å². The molecule has 0 heterocycles. The summed E-state index contributed by atoms with van der Waals surface area (Å²) in [5.74, 6) is -0.0222. The standard InChI is InChI=1S/C31H54O3/c1-8-9-10-11-12-13-14-15-16-17-18-19-20-21-22-34-29(33)25-23-27(31(5,6)7)28(32)24-26(25)30(2,3)4/h23-24,32H,8-22H2,1-7H3. The largest absolute Gasteiger partial charge is 0.508 e. The first-order valence-electron chi connectivity index (χ1n) is 14.0. The lowest BCUT2D eigenvalue weighted by atomic mass is 9.78. The van der Waals surface area contributed by atoms with E-state index in [2.05, 4.69) is 27.7 Å². The van der Waals surface area contributed by atoms with E-state index in [1.165, 1.54) is 77.0 Å². The van der Waals surface area contributed by atoms with Gasteiger partial charge in [-0.05, 0) is 34.9 Å². The summed E-state index contributed by atoms with van der Waals surface area (Å²) >= 11 is 0. The van der Waals surface area contributed by atoms with Crippen molar-refractivity contribution in [1.29, 1.82) is 0 Å². The van der Waals surface area contributed by atoms with E-state index in [4.69, 9.17) is 4.74 Å². The first-order valence-corrected chi connectivity index (χ1v) is 14.0. The van der Waals surface area contributed by atoms with E-state index in [9.17, 15) is 9.90 Å². The predicted molar refractivity (Wildman–Crippen MR) is 146 cm³/mol. The number of esters is 1. The molecular weight excluding hydrogens is 420 g/mol. The van der Waals surface area contributed by atoms with Gasteiger partial charge in [-0.2, -0.15) is 0 Å². The van der Waals surface area contributed by atoms with Crippen LogP contribution in [0, 0.1) is 0 Å². The van der Waals surface area contributed by atoms with Gasteiger partial charge in [0, 0.05) is 5.56 Å². The van der Waals surface area contributed by atoms with E-state index in [1.807, 2.05) is 26.8 Å². The molecule has 0 aliphatic heterocycles. The summed E-state index contributed by atoms with van der Waals surface area (Å²) in [7, 11) is 0. The lowest BCUT2D eigenvalue weighted by Gasteiger charge is -2.27. The highest BCUT2D eigenvalue weighted by Crippen LogP contribution is 2.37. The van der Waals surface area contributed by atoms with Gasteiger partial charge in [0.25, 0.3) is 0 Å². The Morgan fingerprint density at radius 2 is 1.09 bits per heavy atom. The van der Waals surface area contributed by atoms with Gasteiger partial charge in [-0.3, -0.25) is 0 Å². The Kier molecular flexibility index (Phi) is 13.9. The number of aromatic hydroxyl groups is 1. The molecule has 0 radical (unpaired) electrons. The first kappa shape index (κ1) is 30.5. The van der Waals surface area contributed by atoms with Crippen LogP contribution in [0.25, 0.3) is 0 Å². The van der Waals surface area contributed by atoms with Gasteiger partial charge in [-0.25, -0.2) is 4.79 Å². The molecule has 0 saturated heterocycles. The van der Waals surface area contributed by atoms with Crippen LogP contribution < -0.4 is 0 Å². The number of benzene rings is 1. The van der Waals surface area contributed by atoms with Crippen molar-refractivity contribution in [3.05, 3.63) is 28.8 Å². The number of phenols is 1. The second-order valence-corrected chi connectivity index (χ2v) is 12.1. The van der Waals surface area contributed by atoms with Crippen LogP contribution in [0.2, 0.25) is 0 Å². The second-order valence-electron chi connectivity index (χ2n) is 12.1. The van der Waals surface area contributed by atoms with Crippen LogP contribution in [-0.4, -0.2) is 17.7 Å². The molecule has 3 heteroatoms. The van der Waals surface area contributed by atoms with Gasteiger partial charge in [-0.15, -0.1) is 0 Å². The molecule has 0 atom stereocenters. The molecule has 0 saturated carbocycles. The van der Waals surface area contributed by atoms with Crippen LogP contribution in [0.3, 0.4) is 0 Å². The minimum Gasteiger partial charge on any atom is -0.508 e. The van der Waals surface area contributed by atoms with Crippen molar-refractivity contribution in [1.82, 2.24) is 0 Å². The Morgan fingerprint density at radius 3 is 1.50 bits per heavy atom. The third kappa shape index (κ3) is 11.8. The van der Waals surface area contributed by atoms with Gasteiger partial charge >= 0.3 is 5.97 Å². The molecule has 1 N–H and O–H groups in total. The molecule has 0 amide bonds. The maximum absolute atomic E-state index is 12.9. The third-order valence-electron chi connectivity index (χ3n) is 6.70. The summed E-state index contributed by atoms with van der Waals surface area (Å²) in [6.07, 6.45) is 18.4. The van der Waals surface area contributed by atoms with Crippen LogP contribution in [0.1, 0.15) is 160 Å². The Labute approximate surface area is 211 Å². The third-order valence-corrected chi connectivity index (χ3v) is 6.70. The molecule has 1 aromatic rings. The van der Waals surface area contributed by atoms with E-state index >= 15 is 0 Å². The van der Waals surface area contributed by atoms with Gasteiger partial charge in [0.05, 0.1) is 12.2 Å². The van der Waals surface area contributed by atoms with E-state index in [0.29, 0.717) is 12.2 Å². The van der Waals surface area contributed by atoms with Crippen molar-refractivity contribution < 1.29 is 14.6 Å². The number of hydrogen-bond acceptors (Lipinski definition) is 3. The Morgan fingerprint density at radius 1 is 0.676 bits per heavy atom. The van der Waals surface area contributed by atoms with Gasteiger partial charge in [0.15, 0.2) is 0 Å². The highest BCUT2D eigenvalue weighted by Gasteiger charge is 2.28. The zero-order valence-corrected chi connectivity index (χ0v) is 23.5. The fourth-order valence-corrected chi connectivity index (χ4v) is 4.52. The van der Waals surface area contributed by atoms with Gasteiger partial charge in [0.1, 0.15) is 5.75 Å². The lowest BCUT2D eigenvalue weighted by Crippen LogP contribution is -2.21. The molecule has 0 bridgehead atoms. The zero-order valence-electron chi connectivity index (χ0n) is 23.5.